The Morgan fingerprint density at radius 1 is 1.29 bits per heavy atom. The second kappa shape index (κ2) is 7.36. The topological polar surface area (TPSA) is 51.0 Å². The standard InChI is InChI=1S/C17H25N3O/c1-5-10-18-15(6-2)13(4)17-19-16(20-21-17)14-9-7-8-12(3)11-14/h7-9,11,13,15,18H,5-6,10H2,1-4H3. The average Bonchev–Trinajstić information content (AvgIpc) is 2.97. The van der Waals surface area contributed by atoms with Gasteiger partial charge in [-0.1, -0.05) is 49.7 Å². The Morgan fingerprint density at radius 2 is 2.10 bits per heavy atom. The zero-order valence-electron chi connectivity index (χ0n) is 13.4. The monoisotopic (exact) mass is 287 g/mol. The van der Waals surface area contributed by atoms with Crippen LogP contribution in [0.1, 0.15) is 51.0 Å². The van der Waals surface area contributed by atoms with Gasteiger partial charge < -0.3 is 9.84 Å². The molecule has 2 unspecified atom stereocenters. The summed E-state index contributed by atoms with van der Waals surface area (Å²) in [5, 5.41) is 7.68. The van der Waals surface area contributed by atoms with E-state index in [2.05, 4.69) is 55.3 Å². The Balaban J connectivity index is 2.15. The molecule has 0 aliphatic rings. The lowest BCUT2D eigenvalue weighted by Crippen LogP contribution is -2.33. The molecule has 1 heterocycles. The largest absolute Gasteiger partial charge is 0.339 e. The molecule has 0 amide bonds. The van der Waals surface area contributed by atoms with Gasteiger partial charge in [0.1, 0.15) is 0 Å². The molecule has 0 aliphatic carbocycles. The minimum absolute atomic E-state index is 0.215. The SMILES string of the molecule is CCCNC(CC)C(C)c1nc(-c2cccc(C)c2)no1. The number of nitrogens with zero attached hydrogens (tertiary/aromatic N) is 2. The van der Waals surface area contributed by atoms with Gasteiger partial charge in [0.05, 0.1) is 5.92 Å². The molecule has 2 atom stereocenters. The van der Waals surface area contributed by atoms with Crippen LogP contribution >= 0.6 is 0 Å². The van der Waals surface area contributed by atoms with Crippen LogP contribution in [-0.4, -0.2) is 22.7 Å². The van der Waals surface area contributed by atoms with Crippen LogP contribution in [0.4, 0.5) is 0 Å². The number of nitrogens with one attached hydrogen (secondary N) is 1. The quantitative estimate of drug-likeness (QED) is 0.838. The first kappa shape index (κ1) is 15.7. The third-order valence-electron chi connectivity index (χ3n) is 3.81. The van der Waals surface area contributed by atoms with Gasteiger partial charge in [0.2, 0.25) is 11.7 Å². The maximum Gasteiger partial charge on any atom is 0.231 e. The Bertz CT molecular complexity index is 565. The van der Waals surface area contributed by atoms with Crippen molar-refractivity contribution < 1.29 is 4.52 Å². The molecule has 1 aromatic heterocycles. The fourth-order valence-corrected chi connectivity index (χ4v) is 2.50. The van der Waals surface area contributed by atoms with Crippen LogP contribution in [0.3, 0.4) is 0 Å². The summed E-state index contributed by atoms with van der Waals surface area (Å²) in [7, 11) is 0. The second-order valence-electron chi connectivity index (χ2n) is 5.58. The molecular formula is C17H25N3O. The van der Waals surface area contributed by atoms with Crippen molar-refractivity contribution in [2.75, 3.05) is 6.54 Å². The highest BCUT2D eigenvalue weighted by Gasteiger charge is 2.22. The average molecular weight is 287 g/mol. The molecule has 0 radical (unpaired) electrons. The molecule has 114 valence electrons. The first-order valence-electron chi connectivity index (χ1n) is 7.79. The van der Waals surface area contributed by atoms with Crippen molar-refractivity contribution >= 4 is 0 Å². The highest BCUT2D eigenvalue weighted by atomic mass is 16.5. The smallest absolute Gasteiger partial charge is 0.231 e. The molecule has 0 saturated heterocycles. The van der Waals surface area contributed by atoms with Crippen molar-refractivity contribution in [2.24, 2.45) is 0 Å². The summed E-state index contributed by atoms with van der Waals surface area (Å²) >= 11 is 0. The van der Waals surface area contributed by atoms with Gasteiger partial charge in [-0.3, -0.25) is 0 Å². The lowest BCUT2D eigenvalue weighted by molar-refractivity contribution is 0.319. The van der Waals surface area contributed by atoms with Gasteiger partial charge in [0, 0.05) is 11.6 Å². The summed E-state index contributed by atoms with van der Waals surface area (Å²) in [5.41, 5.74) is 2.20. The summed E-state index contributed by atoms with van der Waals surface area (Å²) in [4.78, 5) is 4.58. The predicted molar refractivity (Wildman–Crippen MR) is 85.3 cm³/mol. The fourth-order valence-electron chi connectivity index (χ4n) is 2.50. The van der Waals surface area contributed by atoms with Crippen molar-refractivity contribution in [3.63, 3.8) is 0 Å². The predicted octanol–water partition coefficient (Wildman–Crippen LogP) is 3.93. The van der Waals surface area contributed by atoms with E-state index < -0.39 is 0 Å². The molecule has 0 spiro atoms. The zero-order chi connectivity index (χ0) is 15.2. The van der Waals surface area contributed by atoms with Gasteiger partial charge in [-0.15, -0.1) is 0 Å². The van der Waals surface area contributed by atoms with Crippen molar-refractivity contribution in [3.05, 3.63) is 35.7 Å². The highest BCUT2D eigenvalue weighted by molar-refractivity contribution is 5.55. The molecule has 4 nitrogen and oxygen atoms in total. The maximum atomic E-state index is 5.48. The van der Waals surface area contributed by atoms with Gasteiger partial charge >= 0.3 is 0 Å². The van der Waals surface area contributed by atoms with Crippen LogP contribution in [0.25, 0.3) is 11.4 Å². The lowest BCUT2D eigenvalue weighted by atomic mass is 9.99. The Hall–Kier alpha value is -1.68. The van der Waals surface area contributed by atoms with Crippen molar-refractivity contribution in [3.8, 4) is 11.4 Å². The summed E-state index contributed by atoms with van der Waals surface area (Å²) < 4.78 is 5.48. The minimum atomic E-state index is 0.215. The van der Waals surface area contributed by atoms with E-state index in [1.807, 2.05) is 12.1 Å². The number of aryl methyl sites for hydroxylation is 1. The van der Waals surface area contributed by atoms with E-state index >= 15 is 0 Å². The van der Waals surface area contributed by atoms with E-state index in [-0.39, 0.29) is 5.92 Å². The third kappa shape index (κ3) is 3.91. The molecule has 1 N–H and O–H groups in total. The van der Waals surface area contributed by atoms with Crippen molar-refractivity contribution in [1.82, 2.24) is 15.5 Å². The Labute approximate surface area is 127 Å². The summed E-state index contributed by atoms with van der Waals surface area (Å²) in [6.45, 7) is 9.58. The summed E-state index contributed by atoms with van der Waals surface area (Å²) in [6.07, 6.45) is 2.17. The highest BCUT2D eigenvalue weighted by Crippen LogP contribution is 2.23. The Kier molecular flexibility index (Phi) is 5.51. The number of rotatable bonds is 7. The Morgan fingerprint density at radius 3 is 2.76 bits per heavy atom. The molecule has 2 rings (SSSR count). The van der Waals surface area contributed by atoms with Gasteiger partial charge in [0.25, 0.3) is 0 Å². The van der Waals surface area contributed by atoms with Crippen LogP contribution in [-0.2, 0) is 0 Å². The van der Waals surface area contributed by atoms with Gasteiger partial charge in [-0.25, -0.2) is 0 Å². The molecular weight excluding hydrogens is 262 g/mol. The van der Waals surface area contributed by atoms with Crippen LogP contribution in [0.2, 0.25) is 0 Å². The first-order valence-corrected chi connectivity index (χ1v) is 7.79. The number of hydrogen-bond donors (Lipinski definition) is 1. The van der Waals surface area contributed by atoms with Gasteiger partial charge in [-0.05, 0) is 32.4 Å². The van der Waals surface area contributed by atoms with E-state index in [1.165, 1.54) is 5.56 Å². The van der Waals surface area contributed by atoms with E-state index in [9.17, 15) is 0 Å². The maximum absolute atomic E-state index is 5.48. The number of aromatic nitrogens is 2. The number of hydrogen-bond acceptors (Lipinski definition) is 4. The van der Waals surface area contributed by atoms with Crippen molar-refractivity contribution in [2.45, 2.75) is 52.5 Å². The third-order valence-corrected chi connectivity index (χ3v) is 3.81. The first-order chi connectivity index (χ1) is 10.2. The van der Waals surface area contributed by atoms with E-state index in [0.717, 1.165) is 24.9 Å². The fraction of sp³-hybridized carbons (Fsp3) is 0.529. The lowest BCUT2D eigenvalue weighted by Gasteiger charge is -2.20. The molecule has 0 bridgehead atoms. The molecule has 2 aromatic rings. The molecule has 1 aromatic carbocycles. The van der Waals surface area contributed by atoms with E-state index in [0.29, 0.717) is 17.8 Å². The molecule has 4 heteroatoms. The van der Waals surface area contributed by atoms with Crippen LogP contribution in [0.15, 0.2) is 28.8 Å². The van der Waals surface area contributed by atoms with Crippen LogP contribution in [0, 0.1) is 6.92 Å². The van der Waals surface area contributed by atoms with Gasteiger partial charge in [0.15, 0.2) is 0 Å². The van der Waals surface area contributed by atoms with Crippen LogP contribution < -0.4 is 5.32 Å². The van der Waals surface area contributed by atoms with Gasteiger partial charge in [-0.2, -0.15) is 4.98 Å². The minimum Gasteiger partial charge on any atom is -0.339 e. The summed E-state index contributed by atoms with van der Waals surface area (Å²) in [6, 6.07) is 8.54. The van der Waals surface area contributed by atoms with E-state index in [4.69, 9.17) is 4.52 Å². The molecule has 21 heavy (non-hydrogen) atoms. The van der Waals surface area contributed by atoms with Crippen LogP contribution in [0.5, 0.6) is 0 Å². The summed E-state index contributed by atoms with van der Waals surface area (Å²) in [5.74, 6) is 1.60. The molecule has 0 fully saturated rings. The molecule has 0 saturated carbocycles. The van der Waals surface area contributed by atoms with E-state index in [1.54, 1.807) is 0 Å². The normalized spacial score (nSPS) is 14.1. The molecule has 0 aliphatic heterocycles. The zero-order valence-corrected chi connectivity index (χ0v) is 13.4. The second-order valence-corrected chi connectivity index (χ2v) is 5.58. The van der Waals surface area contributed by atoms with Crippen molar-refractivity contribution in [1.29, 1.82) is 0 Å². The number of benzene rings is 1.